The number of hydrogen-bond donors (Lipinski definition) is 3. The molecule has 1 amide bonds. The molecule has 1 fully saturated rings. The van der Waals surface area contributed by atoms with E-state index in [9.17, 15) is 4.79 Å². The van der Waals surface area contributed by atoms with Gasteiger partial charge in [-0.3, -0.25) is 9.79 Å². The van der Waals surface area contributed by atoms with Crippen molar-refractivity contribution in [3.8, 4) is 0 Å². The molecule has 0 spiro atoms. The summed E-state index contributed by atoms with van der Waals surface area (Å²) in [7, 11) is 3.46. The maximum atomic E-state index is 11.7. The van der Waals surface area contributed by atoms with Crippen LogP contribution in [0.4, 0.5) is 0 Å². The number of aliphatic imine (C=N–C) groups is 1. The molecule has 3 N–H and O–H groups in total. The predicted molar refractivity (Wildman–Crippen MR) is 104 cm³/mol. The fraction of sp³-hybridized carbons (Fsp3) is 0.600. The summed E-state index contributed by atoms with van der Waals surface area (Å²) in [6.45, 7) is 1.77. The van der Waals surface area contributed by atoms with Crippen molar-refractivity contribution in [1.29, 1.82) is 0 Å². The van der Waals surface area contributed by atoms with E-state index in [1.807, 2.05) is 24.3 Å². The second-order valence-corrected chi connectivity index (χ2v) is 6.75. The maximum absolute atomic E-state index is 11.7. The third-order valence-electron chi connectivity index (χ3n) is 4.90. The lowest BCUT2D eigenvalue weighted by Gasteiger charge is -2.13. The van der Waals surface area contributed by atoms with Crippen molar-refractivity contribution in [3.05, 3.63) is 35.4 Å². The van der Waals surface area contributed by atoms with E-state index in [4.69, 9.17) is 0 Å². The Morgan fingerprint density at radius 1 is 1.20 bits per heavy atom. The molecule has 5 nitrogen and oxygen atoms in total. The van der Waals surface area contributed by atoms with Crippen LogP contribution >= 0.6 is 0 Å². The van der Waals surface area contributed by atoms with E-state index in [1.165, 1.54) is 38.5 Å². The Kier molecular flexibility index (Phi) is 8.29. The monoisotopic (exact) mass is 344 g/mol. The number of carbonyl (C=O) groups is 1. The third-order valence-corrected chi connectivity index (χ3v) is 4.90. The molecular weight excluding hydrogens is 312 g/mol. The Bertz CT molecular complexity index is 565. The van der Waals surface area contributed by atoms with Crippen LogP contribution in [0.2, 0.25) is 0 Å². The van der Waals surface area contributed by atoms with Crippen molar-refractivity contribution < 1.29 is 4.79 Å². The molecule has 0 aliphatic heterocycles. The van der Waals surface area contributed by atoms with Gasteiger partial charge in [-0.1, -0.05) is 37.8 Å². The third kappa shape index (κ3) is 6.77. The molecule has 0 radical (unpaired) electrons. The summed E-state index contributed by atoms with van der Waals surface area (Å²) in [5.41, 5.74) is 1.85. The van der Waals surface area contributed by atoms with E-state index in [0.29, 0.717) is 5.56 Å². The Labute approximate surface area is 151 Å². The van der Waals surface area contributed by atoms with Gasteiger partial charge in [-0.05, 0) is 42.9 Å². The minimum Gasteiger partial charge on any atom is -0.356 e. The number of benzene rings is 1. The fourth-order valence-electron chi connectivity index (χ4n) is 3.45. The average molecular weight is 345 g/mol. The SMILES string of the molecule is CN=C(NCCCC1CCCC1)NCCc1cccc(C(=O)NC)c1. The van der Waals surface area contributed by atoms with Gasteiger partial charge < -0.3 is 16.0 Å². The predicted octanol–water partition coefficient (Wildman–Crippen LogP) is 2.72. The van der Waals surface area contributed by atoms with Crippen LogP contribution in [0.25, 0.3) is 0 Å². The number of rotatable bonds is 8. The molecule has 0 aromatic heterocycles. The highest BCUT2D eigenvalue weighted by Crippen LogP contribution is 2.28. The van der Waals surface area contributed by atoms with E-state index in [-0.39, 0.29) is 5.91 Å². The quantitative estimate of drug-likeness (QED) is 0.386. The van der Waals surface area contributed by atoms with E-state index in [1.54, 1.807) is 14.1 Å². The Hall–Kier alpha value is -2.04. The van der Waals surface area contributed by atoms with Crippen molar-refractivity contribution >= 4 is 11.9 Å². The molecular formula is C20H32N4O. The summed E-state index contributed by atoms with van der Waals surface area (Å²) in [4.78, 5) is 16.0. The van der Waals surface area contributed by atoms with Crippen LogP contribution in [-0.2, 0) is 6.42 Å². The van der Waals surface area contributed by atoms with Crippen molar-refractivity contribution in [1.82, 2.24) is 16.0 Å². The summed E-state index contributed by atoms with van der Waals surface area (Å²) in [6, 6.07) is 7.75. The summed E-state index contributed by atoms with van der Waals surface area (Å²) in [6.07, 6.45) is 9.07. The number of amides is 1. The molecule has 1 aliphatic carbocycles. The van der Waals surface area contributed by atoms with E-state index < -0.39 is 0 Å². The first-order valence-corrected chi connectivity index (χ1v) is 9.48. The molecule has 0 saturated heterocycles. The first-order chi connectivity index (χ1) is 12.2. The molecule has 2 rings (SSSR count). The van der Waals surface area contributed by atoms with Crippen molar-refractivity contribution in [3.63, 3.8) is 0 Å². The Balaban J connectivity index is 1.65. The van der Waals surface area contributed by atoms with Gasteiger partial charge in [0.25, 0.3) is 5.91 Å². The molecule has 138 valence electrons. The molecule has 0 bridgehead atoms. The van der Waals surface area contributed by atoms with Crippen LogP contribution in [0.5, 0.6) is 0 Å². The lowest BCUT2D eigenvalue weighted by molar-refractivity contribution is 0.0963. The van der Waals surface area contributed by atoms with E-state index in [0.717, 1.165) is 37.0 Å². The Morgan fingerprint density at radius 3 is 2.68 bits per heavy atom. The highest BCUT2D eigenvalue weighted by molar-refractivity contribution is 5.94. The number of nitrogens with zero attached hydrogens (tertiary/aromatic N) is 1. The van der Waals surface area contributed by atoms with Crippen molar-refractivity contribution in [2.24, 2.45) is 10.9 Å². The van der Waals surface area contributed by atoms with Gasteiger partial charge in [-0.2, -0.15) is 0 Å². The smallest absolute Gasteiger partial charge is 0.251 e. The number of hydrogen-bond acceptors (Lipinski definition) is 2. The second-order valence-electron chi connectivity index (χ2n) is 6.75. The van der Waals surface area contributed by atoms with E-state index in [2.05, 4.69) is 20.9 Å². The highest BCUT2D eigenvalue weighted by Gasteiger charge is 2.14. The van der Waals surface area contributed by atoms with Crippen molar-refractivity contribution in [2.75, 3.05) is 27.2 Å². The number of carbonyl (C=O) groups excluding carboxylic acids is 1. The molecule has 0 unspecified atom stereocenters. The van der Waals surface area contributed by atoms with Crippen LogP contribution in [0.3, 0.4) is 0 Å². The lowest BCUT2D eigenvalue weighted by Crippen LogP contribution is -2.38. The summed E-state index contributed by atoms with van der Waals surface area (Å²) < 4.78 is 0. The van der Waals surface area contributed by atoms with Gasteiger partial charge in [0.1, 0.15) is 0 Å². The molecule has 1 saturated carbocycles. The Morgan fingerprint density at radius 2 is 1.96 bits per heavy atom. The van der Waals surface area contributed by atoms with Crippen LogP contribution in [0.1, 0.15) is 54.4 Å². The zero-order valence-corrected chi connectivity index (χ0v) is 15.6. The van der Waals surface area contributed by atoms with Crippen LogP contribution < -0.4 is 16.0 Å². The van der Waals surface area contributed by atoms with E-state index >= 15 is 0 Å². The highest BCUT2D eigenvalue weighted by atomic mass is 16.1. The van der Waals surface area contributed by atoms with Crippen LogP contribution in [0.15, 0.2) is 29.3 Å². The van der Waals surface area contributed by atoms with Gasteiger partial charge in [0.2, 0.25) is 0 Å². The van der Waals surface area contributed by atoms with Crippen LogP contribution in [-0.4, -0.2) is 39.1 Å². The normalized spacial score (nSPS) is 15.2. The van der Waals surface area contributed by atoms with Gasteiger partial charge in [0, 0.05) is 32.7 Å². The first kappa shape index (κ1) is 19.3. The van der Waals surface area contributed by atoms with Gasteiger partial charge in [-0.25, -0.2) is 0 Å². The minimum absolute atomic E-state index is 0.0467. The topological polar surface area (TPSA) is 65.5 Å². The fourth-order valence-corrected chi connectivity index (χ4v) is 3.45. The van der Waals surface area contributed by atoms with Gasteiger partial charge in [0.15, 0.2) is 5.96 Å². The molecule has 0 atom stereocenters. The minimum atomic E-state index is -0.0467. The molecule has 1 aliphatic rings. The number of guanidine groups is 1. The molecule has 0 heterocycles. The zero-order chi connectivity index (χ0) is 17.9. The lowest BCUT2D eigenvalue weighted by atomic mass is 10.0. The molecule has 25 heavy (non-hydrogen) atoms. The maximum Gasteiger partial charge on any atom is 0.251 e. The average Bonchev–Trinajstić information content (AvgIpc) is 3.16. The molecule has 5 heteroatoms. The molecule has 1 aromatic rings. The summed E-state index contributed by atoms with van der Waals surface area (Å²) >= 11 is 0. The zero-order valence-electron chi connectivity index (χ0n) is 15.6. The number of nitrogens with one attached hydrogen (secondary N) is 3. The second kappa shape index (κ2) is 10.7. The van der Waals surface area contributed by atoms with Gasteiger partial charge in [-0.15, -0.1) is 0 Å². The summed E-state index contributed by atoms with van der Waals surface area (Å²) in [5.74, 6) is 1.76. The van der Waals surface area contributed by atoms with Gasteiger partial charge >= 0.3 is 0 Å². The first-order valence-electron chi connectivity index (χ1n) is 9.48. The van der Waals surface area contributed by atoms with Crippen LogP contribution in [0, 0.1) is 5.92 Å². The van der Waals surface area contributed by atoms with Gasteiger partial charge in [0.05, 0.1) is 0 Å². The largest absolute Gasteiger partial charge is 0.356 e. The standard InChI is InChI=1S/C20H32N4O/c1-21-19(25)18-11-5-9-17(15-18)12-14-24-20(22-2)23-13-6-10-16-7-3-4-8-16/h5,9,11,15-16H,3-4,6-8,10,12-14H2,1-2H3,(H,21,25)(H2,22,23,24). The van der Waals surface area contributed by atoms with Crippen molar-refractivity contribution in [2.45, 2.75) is 44.9 Å². The summed E-state index contributed by atoms with van der Waals surface area (Å²) in [5, 5.41) is 9.40. The molecule has 1 aromatic carbocycles.